The molecule has 6 fully saturated rings. The lowest BCUT2D eigenvalue weighted by Gasteiger charge is -2.37. The van der Waals surface area contributed by atoms with Crippen LogP contribution in [0.4, 0.5) is 33.5 Å². The Balaban J connectivity index is 0.707. The highest BCUT2D eigenvalue weighted by Gasteiger charge is 2.56. The average molecular weight is 831 g/mol. The lowest BCUT2D eigenvalue weighted by Crippen LogP contribution is -2.54. The Hall–Kier alpha value is -6.30. The largest absolute Gasteiger partial charge is 0.371 e. The summed E-state index contributed by atoms with van der Waals surface area (Å²) in [5.41, 5.74) is 9.20. The van der Waals surface area contributed by atoms with Gasteiger partial charge in [0.1, 0.15) is 11.9 Å². The van der Waals surface area contributed by atoms with Gasteiger partial charge in [-0.15, -0.1) is 0 Å². The fourth-order valence-electron chi connectivity index (χ4n) is 10.4. The number of hydrogen-bond acceptors (Lipinski definition) is 13. The van der Waals surface area contributed by atoms with E-state index in [-0.39, 0.29) is 30.6 Å². The summed E-state index contributed by atoms with van der Waals surface area (Å²) in [5, 5.41) is 5.54. The molecule has 6 aliphatic heterocycles. The third-order valence-corrected chi connectivity index (χ3v) is 13.9. The van der Waals surface area contributed by atoms with Gasteiger partial charge in [-0.25, -0.2) is 14.8 Å². The molecule has 0 bridgehead atoms. The van der Waals surface area contributed by atoms with Crippen LogP contribution in [0, 0.1) is 17.8 Å². The molecule has 4 N–H and O–H groups in total. The number of nitrogens with zero attached hydrogens (tertiary/aromatic N) is 9. The number of nitrogens with two attached hydrogens (primary N) is 1. The van der Waals surface area contributed by atoms with Crippen LogP contribution >= 0.6 is 0 Å². The van der Waals surface area contributed by atoms with Gasteiger partial charge in [-0.2, -0.15) is 0 Å². The number of primary amides is 1. The number of likely N-dealkylation sites (N-methyl/N-ethyl adjacent to an activating group) is 1. The summed E-state index contributed by atoms with van der Waals surface area (Å²) < 4.78 is 0. The number of aromatic nitrogens is 2. The van der Waals surface area contributed by atoms with Crippen LogP contribution < -0.4 is 31.1 Å². The molecular formula is C43H50N12O6. The van der Waals surface area contributed by atoms with Gasteiger partial charge in [-0.1, -0.05) is 0 Å². The monoisotopic (exact) mass is 830 g/mol. The highest BCUT2D eigenvalue weighted by molar-refractivity contribution is 6.23. The number of amides is 7. The molecule has 318 valence electrons. The number of piperidine rings is 3. The number of rotatable bonds is 10. The number of nitrogens with one attached hydrogen (secondary N) is 2. The second-order valence-electron chi connectivity index (χ2n) is 17.5. The highest BCUT2D eigenvalue weighted by Crippen LogP contribution is 2.53. The Kier molecular flexibility index (Phi) is 9.76. The van der Waals surface area contributed by atoms with Gasteiger partial charge in [-0.3, -0.25) is 39.1 Å². The molecule has 2 aromatic carbocycles. The van der Waals surface area contributed by atoms with Crippen LogP contribution in [0.3, 0.4) is 0 Å². The first-order valence-corrected chi connectivity index (χ1v) is 21.4. The van der Waals surface area contributed by atoms with Gasteiger partial charge >= 0.3 is 6.03 Å². The molecular weight excluding hydrogens is 781 g/mol. The molecule has 1 unspecified atom stereocenters. The van der Waals surface area contributed by atoms with Crippen molar-refractivity contribution in [1.82, 2.24) is 34.9 Å². The first kappa shape index (κ1) is 38.9. The first-order valence-electron chi connectivity index (χ1n) is 21.4. The molecule has 7 aliphatic rings. The van der Waals surface area contributed by atoms with Crippen LogP contribution in [0.25, 0.3) is 0 Å². The van der Waals surface area contributed by atoms with Gasteiger partial charge in [0.05, 0.1) is 23.4 Å². The van der Waals surface area contributed by atoms with E-state index < -0.39 is 35.6 Å². The van der Waals surface area contributed by atoms with Gasteiger partial charge in [0.2, 0.25) is 11.8 Å². The van der Waals surface area contributed by atoms with Gasteiger partial charge in [-0.05, 0) is 79.5 Å². The van der Waals surface area contributed by atoms with E-state index in [0.717, 1.165) is 100 Å². The van der Waals surface area contributed by atoms with E-state index in [1.165, 1.54) is 0 Å². The van der Waals surface area contributed by atoms with E-state index in [9.17, 15) is 28.8 Å². The Labute approximate surface area is 353 Å². The summed E-state index contributed by atoms with van der Waals surface area (Å²) in [6, 6.07) is 12.7. The minimum atomic E-state index is -0.971. The molecule has 1 aromatic heterocycles. The number of piperazine rings is 1. The van der Waals surface area contributed by atoms with Crippen molar-refractivity contribution in [3.63, 3.8) is 0 Å². The zero-order chi connectivity index (χ0) is 42.1. The van der Waals surface area contributed by atoms with Crippen LogP contribution in [0.2, 0.25) is 0 Å². The molecule has 7 amide bonds. The Morgan fingerprint density at radius 2 is 1.56 bits per heavy atom. The summed E-state index contributed by atoms with van der Waals surface area (Å²) in [6.45, 7) is 9.50. The summed E-state index contributed by atoms with van der Waals surface area (Å²) in [4.78, 5) is 99.0. The van der Waals surface area contributed by atoms with Gasteiger partial charge in [0.15, 0.2) is 11.5 Å². The van der Waals surface area contributed by atoms with Crippen molar-refractivity contribution in [3.05, 3.63) is 65.5 Å². The van der Waals surface area contributed by atoms with Crippen LogP contribution in [0.1, 0.15) is 56.9 Å². The molecule has 5 atom stereocenters. The standard InChI is InChI=1S/C43H50N12O6/c1-49-13-18-54(43(49)61)28-3-2-12-52(21-28)35-20-45-37(38(44)57)39(47-35)46-25-4-6-26(7-5-25)51-16-14-50(15-17-51)22-31-32-23-53(24-33(31)32)27-8-9-29-30(19-27)42(60)55(41(29)59)34-10-11-36(56)48-40(34)58/h4-9,19-20,28,31-34H,2-3,10-18,21-24H2,1H3,(H2,44,57)(H,46,47)(H,48,56,58)/t28-,31-,32-,33+,34?/m1/s1. The number of urea groups is 1. The quantitative estimate of drug-likeness (QED) is 0.249. The van der Waals surface area contributed by atoms with E-state index in [4.69, 9.17) is 10.7 Å². The maximum Gasteiger partial charge on any atom is 0.320 e. The minimum Gasteiger partial charge on any atom is -0.371 e. The lowest BCUT2D eigenvalue weighted by molar-refractivity contribution is -0.136. The van der Waals surface area contributed by atoms with E-state index in [2.05, 4.69) is 47.3 Å². The molecule has 0 radical (unpaired) electrons. The van der Waals surface area contributed by atoms with Gasteiger partial charge < -0.3 is 35.6 Å². The zero-order valence-corrected chi connectivity index (χ0v) is 34.2. The molecule has 61 heavy (non-hydrogen) atoms. The molecule has 10 rings (SSSR count). The fourth-order valence-corrected chi connectivity index (χ4v) is 10.4. The van der Waals surface area contributed by atoms with Crippen LogP contribution in [-0.4, -0.2) is 156 Å². The average Bonchev–Trinajstić information content (AvgIpc) is 3.50. The van der Waals surface area contributed by atoms with Crippen molar-refractivity contribution >= 4 is 64.3 Å². The SMILES string of the molecule is CN1CCN([C@@H]2CCCN(c3cnc(C(N)=O)c(Nc4ccc(N5CCN(C[C@@H]6[C@H]7CN(c8ccc9c(c8)C(=O)N(C8CCC(=O)NC8=O)C9=O)C[C@@H]67)CC5)cc4)n3)C2)C1=O. The normalized spacial score (nSPS) is 26.6. The topological polar surface area (TPSA) is 201 Å². The second kappa shape index (κ2) is 15.3. The summed E-state index contributed by atoms with van der Waals surface area (Å²) >= 11 is 0. The number of carbonyl (C=O) groups excluding carboxylic acids is 6. The number of carbonyl (C=O) groups is 6. The first-order chi connectivity index (χ1) is 29.5. The minimum absolute atomic E-state index is 0.0594. The zero-order valence-electron chi connectivity index (χ0n) is 34.2. The lowest BCUT2D eigenvalue weighted by atomic mass is 10.0. The maximum atomic E-state index is 13.4. The van der Waals surface area contributed by atoms with Crippen LogP contribution in [0.15, 0.2) is 48.7 Å². The van der Waals surface area contributed by atoms with Crippen molar-refractivity contribution in [2.75, 3.05) is 99.1 Å². The Bertz CT molecular complexity index is 2300. The van der Waals surface area contributed by atoms with Gasteiger partial charge in [0.25, 0.3) is 17.7 Å². The van der Waals surface area contributed by atoms with Crippen molar-refractivity contribution in [2.45, 2.75) is 37.8 Å². The molecule has 3 aromatic rings. The number of fused-ring (bicyclic) bond motifs is 2. The third-order valence-electron chi connectivity index (χ3n) is 13.9. The van der Waals surface area contributed by atoms with Crippen molar-refractivity contribution in [3.8, 4) is 0 Å². The molecule has 18 nitrogen and oxygen atoms in total. The molecule has 7 heterocycles. The Morgan fingerprint density at radius 3 is 2.26 bits per heavy atom. The number of benzene rings is 2. The molecule has 18 heteroatoms. The van der Waals surface area contributed by atoms with E-state index in [0.29, 0.717) is 47.1 Å². The van der Waals surface area contributed by atoms with E-state index in [1.54, 1.807) is 23.2 Å². The number of hydrogen-bond donors (Lipinski definition) is 3. The third kappa shape index (κ3) is 7.15. The highest BCUT2D eigenvalue weighted by atomic mass is 16.2. The van der Waals surface area contributed by atoms with E-state index in [1.807, 2.05) is 30.1 Å². The van der Waals surface area contributed by atoms with Crippen LogP contribution in [-0.2, 0) is 9.59 Å². The second-order valence-corrected chi connectivity index (χ2v) is 17.5. The van der Waals surface area contributed by atoms with E-state index >= 15 is 0 Å². The fraction of sp³-hybridized carbons (Fsp3) is 0.488. The number of anilines is 5. The predicted octanol–water partition coefficient (Wildman–Crippen LogP) is 1.56. The molecule has 1 saturated carbocycles. The number of imide groups is 2. The molecule has 5 saturated heterocycles. The summed E-state index contributed by atoms with van der Waals surface area (Å²) in [7, 11) is 1.83. The van der Waals surface area contributed by atoms with Crippen molar-refractivity contribution < 1.29 is 28.8 Å². The Morgan fingerprint density at radius 1 is 0.820 bits per heavy atom. The molecule has 1 aliphatic carbocycles. The van der Waals surface area contributed by atoms with Crippen molar-refractivity contribution in [1.29, 1.82) is 0 Å². The van der Waals surface area contributed by atoms with Crippen molar-refractivity contribution in [2.24, 2.45) is 23.5 Å². The smallest absolute Gasteiger partial charge is 0.320 e. The van der Waals surface area contributed by atoms with Gasteiger partial charge in [0, 0.05) is 103 Å². The predicted molar refractivity (Wildman–Crippen MR) is 225 cm³/mol. The summed E-state index contributed by atoms with van der Waals surface area (Å²) in [5.74, 6) is 0.121. The summed E-state index contributed by atoms with van der Waals surface area (Å²) in [6.07, 6.45) is 3.67. The maximum absolute atomic E-state index is 13.4. The molecule has 0 spiro atoms. The van der Waals surface area contributed by atoms with Crippen LogP contribution in [0.5, 0.6) is 0 Å².